The molecule has 0 unspecified atom stereocenters. The van der Waals surface area contributed by atoms with E-state index in [0.717, 1.165) is 30.6 Å². The highest BCUT2D eigenvalue weighted by molar-refractivity contribution is 5.71. The molecule has 0 aromatic carbocycles. The van der Waals surface area contributed by atoms with Crippen molar-refractivity contribution in [2.75, 3.05) is 0 Å². The Hall–Kier alpha value is -1.30. The van der Waals surface area contributed by atoms with Gasteiger partial charge in [-0.3, -0.25) is 4.79 Å². The molecule has 2 saturated carbocycles. The molecule has 3 heteroatoms. The van der Waals surface area contributed by atoms with Gasteiger partial charge in [0.2, 0.25) is 0 Å². The first-order chi connectivity index (χ1) is 14.2. The number of hydrogen-bond donors (Lipinski definition) is 0. The molecule has 1 aliphatic heterocycles. The van der Waals surface area contributed by atoms with Gasteiger partial charge in [0.25, 0.3) is 0 Å². The Kier molecular flexibility index (Phi) is 7.36. The van der Waals surface area contributed by atoms with Crippen LogP contribution in [0.25, 0.3) is 0 Å². The highest BCUT2D eigenvalue weighted by Crippen LogP contribution is 2.64. The summed E-state index contributed by atoms with van der Waals surface area (Å²) in [7, 11) is 0. The summed E-state index contributed by atoms with van der Waals surface area (Å²) in [5.41, 5.74) is 0.0136. The van der Waals surface area contributed by atoms with E-state index in [1.807, 2.05) is 6.08 Å². The van der Waals surface area contributed by atoms with Crippen molar-refractivity contribution in [2.24, 2.45) is 40.9 Å². The molecule has 0 aromatic rings. The third-order valence-corrected chi connectivity index (χ3v) is 9.17. The van der Waals surface area contributed by atoms with Crippen LogP contribution in [0.2, 0.25) is 0 Å². The zero-order valence-electron chi connectivity index (χ0n) is 20.0. The smallest absolute Gasteiger partial charge is 0.306 e. The first-order valence-electron chi connectivity index (χ1n) is 12.5. The average Bonchev–Trinajstić information content (AvgIpc) is 3.02. The second-order valence-corrected chi connectivity index (χ2v) is 11.5. The second kappa shape index (κ2) is 9.46. The monoisotopic (exact) mass is 413 g/mol. The third kappa shape index (κ3) is 4.63. The van der Waals surface area contributed by atoms with E-state index < -0.39 is 0 Å². The van der Waals surface area contributed by atoms with Gasteiger partial charge >= 0.3 is 5.97 Å². The standard InChI is InChI=1S/C27H43NO2/c1-19(2)10-9-11-20(3)22-12-13-23-21-18-25(29)30-27(5,15-7-6-8-17-28)24(21)14-16-26(22,23)4/h6,8,19-24H,7,9-16,18H2,1-5H3/b8-6-/t20-,21+,22-,23+,24+,26-,27-/m1/s1. The minimum absolute atomic E-state index is 0.000643. The molecular formula is C27H43NO2. The second-order valence-electron chi connectivity index (χ2n) is 11.5. The van der Waals surface area contributed by atoms with E-state index in [2.05, 4.69) is 40.7 Å². The summed E-state index contributed by atoms with van der Waals surface area (Å²) in [6, 6.07) is 2.07. The lowest BCUT2D eigenvalue weighted by atomic mass is 9.52. The van der Waals surface area contributed by atoms with Gasteiger partial charge in [0.15, 0.2) is 0 Å². The minimum Gasteiger partial charge on any atom is -0.459 e. The fourth-order valence-electron chi connectivity index (χ4n) is 7.67. The summed E-state index contributed by atoms with van der Waals surface area (Å²) >= 11 is 0. The number of fused-ring (bicyclic) bond motifs is 3. The Morgan fingerprint density at radius 2 is 1.93 bits per heavy atom. The number of ether oxygens (including phenoxy) is 1. The van der Waals surface area contributed by atoms with Crippen LogP contribution in [0.15, 0.2) is 12.2 Å². The number of hydrogen-bond acceptors (Lipinski definition) is 3. The maximum Gasteiger partial charge on any atom is 0.306 e. The van der Waals surface area contributed by atoms with Gasteiger partial charge in [-0.1, -0.05) is 53.0 Å². The predicted octanol–water partition coefficient (Wildman–Crippen LogP) is 7.07. The van der Waals surface area contributed by atoms with E-state index in [-0.39, 0.29) is 11.6 Å². The molecular weight excluding hydrogens is 370 g/mol. The van der Waals surface area contributed by atoms with Crippen LogP contribution in [0.4, 0.5) is 0 Å². The number of rotatable bonds is 8. The van der Waals surface area contributed by atoms with Crippen LogP contribution in [0.3, 0.4) is 0 Å². The topological polar surface area (TPSA) is 50.1 Å². The molecule has 0 bridgehead atoms. The molecule has 0 radical (unpaired) electrons. The largest absolute Gasteiger partial charge is 0.459 e. The summed E-state index contributed by atoms with van der Waals surface area (Å²) < 4.78 is 6.00. The number of nitrogens with zero attached hydrogens (tertiary/aromatic N) is 1. The van der Waals surface area contributed by atoms with Gasteiger partial charge in [0.05, 0.1) is 6.07 Å². The molecule has 3 nitrogen and oxygen atoms in total. The quantitative estimate of drug-likeness (QED) is 0.316. The van der Waals surface area contributed by atoms with E-state index in [1.54, 1.807) is 6.08 Å². The Morgan fingerprint density at radius 3 is 2.63 bits per heavy atom. The van der Waals surface area contributed by atoms with Crippen LogP contribution in [0.1, 0.15) is 98.8 Å². The summed E-state index contributed by atoms with van der Waals surface area (Å²) in [5.74, 6) is 4.00. The van der Waals surface area contributed by atoms with Crippen LogP contribution >= 0.6 is 0 Å². The molecule has 3 fully saturated rings. The van der Waals surface area contributed by atoms with Crippen LogP contribution in [0, 0.1) is 52.3 Å². The van der Waals surface area contributed by atoms with Gasteiger partial charge in [0.1, 0.15) is 5.60 Å². The van der Waals surface area contributed by atoms with E-state index in [4.69, 9.17) is 10.00 Å². The van der Waals surface area contributed by atoms with Crippen LogP contribution in [-0.2, 0) is 9.53 Å². The molecule has 7 atom stereocenters. The molecule has 0 aromatic heterocycles. The van der Waals surface area contributed by atoms with E-state index in [9.17, 15) is 4.79 Å². The molecule has 0 N–H and O–H groups in total. The van der Waals surface area contributed by atoms with Crippen LogP contribution < -0.4 is 0 Å². The van der Waals surface area contributed by atoms with Gasteiger partial charge in [-0.05, 0) is 80.5 Å². The zero-order chi connectivity index (χ0) is 21.9. The van der Waals surface area contributed by atoms with Gasteiger partial charge in [-0.25, -0.2) is 0 Å². The summed E-state index contributed by atoms with van der Waals surface area (Å²) in [6.07, 6.45) is 14.8. The average molecular weight is 414 g/mol. The van der Waals surface area contributed by atoms with Gasteiger partial charge in [-0.15, -0.1) is 0 Å². The van der Waals surface area contributed by atoms with Crippen molar-refractivity contribution in [3.63, 3.8) is 0 Å². The molecule has 30 heavy (non-hydrogen) atoms. The molecule has 3 aliphatic rings. The number of carbonyl (C=O) groups is 1. The lowest BCUT2D eigenvalue weighted by molar-refractivity contribution is -0.196. The van der Waals surface area contributed by atoms with Crippen molar-refractivity contribution >= 4 is 5.97 Å². The van der Waals surface area contributed by atoms with Gasteiger partial charge in [-0.2, -0.15) is 5.26 Å². The molecule has 0 spiro atoms. The van der Waals surface area contributed by atoms with Crippen molar-refractivity contribution in [1.29, 1.82) is 5.26 Å². The normalized spacial score (nSPS) is 39.4. The van der Waals surface area contributed by atoms with Gasteiger partial charge in [0, 0.05) is 18.4 Å². The lowest BCUT2D eigenvalue weighted by Crippen LogP contribution is -2.55. The first kappa shape index (κ1) is 23.4. The van der Waals surface area contributed by atoms with E-state index >= 15 is 0 Å². The lowest BCUT2D eigenvalue weighted by Gasteiger charge is -2.56. The number of carbonyl (C=O) groups excluding carboxylic acids is 1. The van der Waals surface area contributed by atoms with Crippen molar-refractivity contribution in [3.05, 3.63) is 12.2 Å². The van der Waals surface area contributed by atoms with Crippen LogP contribution in [0.5, 0.6) is 0 Å². The molecule has 3 rings (SSSR count). The predicted molar refractivity (Wildman–Crippen MR) is 121 cm³/mol. The van der Waals surface area contributed by atoms with Crippen molar-refractivity contribution in [3.8, 4) is 6.07 Å². The Labute approximate surface area is 184 Å². The summed E-state index contributed by atoms with van der Waals surface area (Å²) in [5, 5.41) is 8.76. The molecule has 1 saturated heterocycles. The maximum atomic E-state index is 12.6. The first-order valence-corrected chi connectivity index (χ1v) is 12.5. The number of allylic oxidation sites excluding steroid dienone is 2. The van der Waals surface area contributed by atoms with Crippen molar-refractivity contribution < 1.29 is 9.53 Å². The SMILES string of the molecule is CC(C)CCC[C@@H](C)[C@H]1CC[C@H]2[C@@H]3CC(=O)O[C@](C)(CC/C=C\C#N)[C@H]3CC[C@]12C. The molecule has 0 amide bonds. The molecule has 168 valence electrons. The molecule has 2 aliphatic carbocycles. The zero-order valence-corrected chi connectivity index (χ0v) is 20.0. The van der Waals surface area contributed by atoms with E-state index in [0.29, 0.717) is 29.6 Å². The number of esters is 1. The summed E-state index contributed by atoms with van der Waals surface area (Å²) in [6.45, 7) is 11.9. The highest BCUT2D eigenvalue weighted by Gasteiger charge is 2.60. The minimum atomic E-state index is -0.373. The fourth-order valence-corrected chi connectivity index (χ4v) is 7.67. The van der Waals surface area contributed by atoms with Crippen molar-refractivity contribution in [1.82, 2.24) is 0 Å². The van der Waals surface area contributed by atoms with Gasteiger partial charge < -0.3 is 4.74 Å². The molecule has 1 heterocycles. The Bertz CT molecular complexity index is 677. The maximum absolute atomic E-state index is 12.6. The number of cyclic esters (lactones) is 1. The van der Waals surface area contributed by atoms with E-state index in [1.165, 1.54) is 44.9 Å². The highest BCUT2D eigenvalue weighted by atomic mass is 16.6. The Morgan fingerprint density at radius 1 is 1.17 bits per heavy atom. The third-order valence-electron chi connectivity index (χ3n) is 9.17. The number of nitriles is 1. The fraction of sp³-hybridized carbons (Fsp3) is 0.852. The Balaban J connectivity index is 1.72. The van der Waals surface area contributed by atoms with Crippen LogP contribution in [-0.4, -0.2) is 11.6 Å². The summed E-state index contributed by atoms with van der Waals surface area (Å²) in [4.78, 5) is 12.6. The van der Waals surface area contributed by atoms with Crippen molar-refractivity contribution in [2.45, 2.75) is 104 Å².